The van der Waals surface area contributed by atoms with Gasteiger partial charge < -0.3 is 9.88 Å². The van der Waals surface area contributed by atoms with Crippen molar-refractivity contribution in [2.24, 2.45) is 7.05 Å². The van der Waals surface area contributed by atoms with E-state index in [2.05, 4.69) is 27.4 Å². The molecule has 0 amide bonds. The minimum atomic E-state index is -0.468. The van der Waals surface area contributed by atoms with Gasteiger partial charge in [-0.05, 0) is 30.9 Å². The molecule has 0 aliphatic carbocycles. The molecule has 30 heavy (non-hydrogen) atoms. The van der Waals surface area contributed by atoms with Gasteiger partial charge in [-0.2, -0.15) is 4.98 Å². The lowest BCUT2D eigenvalue weighted by Gasteiger charge is -2.16. The lowest BCUT2D eigenvalue weighted by molar-refractivity contribution is 0.653. The van der Waals surface area contributed by atoms with E-state index < -0.39 is 11.2 Å². The van der Waals surface area contributed by atoms with Crippen LogP contribution in [0.5, 0.6) is 0 Å². The minimum absolute atomic E-state index is 0.00741. The van der Waals surface area contributed by atoms with E-state index in [0.717, 1.165) is 18.4 Å². The summed E-state index contributed by atoms with van der Waals surface area (Å²) in [6.07, 6.45) is 1.73. The third-order valence-corrected chi connectivity index (χ3v) is 5.34. The fourth-order valence-corrected chi connectivity index (χ4v) is 3.67. The molecule has 0 saturated heterocycles. The van der Waals surface area contributed by atoms with Crippen LogP contribution in [0.25, 0.3) is 11.2 Å². The van der Waals surface area contributed by atoms with Crippen molar-refractivity contribution in [1.29, 1.82) is 0 Å². The fourth-order valence-electron chi connectivity index (χ4n) is 3.67. The molecule has 2 heterocycles. The molecule has 2 N–H and O–H groups in total. The number of hydrogen-bond acceptors (Lipinski definition) is 4. The number of hydrogen-bond donors (Lipinski definition) is 2. The number of aromatic nitrogens is 4. The molecule has 0 radical (unpaired) electrons. The summed E-state index contributed by atoms with van der Waals surface area (Å²) in [7, 11) is 1.62. The second-order valence-corrected chi connectivity index (χ2v) is 7.44. The summed E-state index contributed by atoms with van der Waals surface area (Å²) in [6.45, 7) is 2.66. The molecule has 0 aliphatic rings. The number of imidazole rings is 1. The van der Waals surface area contributed by atoms with Crippen LogP contribution in [-0.4, -0.2) is 19.1 Å². The highest BCUT2D eigenvalue weighted by atomic mass is 16.2. The Balaban J connectivity index is 1.69. The van der Waals surface area contributed by atoms with Gasteiger partial charge in [0, 0.05) is 13.6 Å². The zero-order valence-electron chi connectivity index (χ0n) is 17.1. The van der Waals surface area contributed by atoms with E-state index in [-0.39, 0.29) is 6.04 Å². The number of benzene rings is 2. The first-order valence-electron chi connectivity index (χ1n) is 10.1. The van der Waals surface area contributed by atoms with Crippen LogP contribution in [0.3, 0.4) is 0 Å². The topological polar surface area (TPSA) is 84.7 Å². The molecule has 0 aliphatic heterocycles. The lowest BCUT2D eigenvalue weighted by atomic mass is 10.1. The molecule has 0 spiro atoms. The number of aromatic amines is 1. The van der Waals surface area contributed by atoms with Gasteiger partial charge in [-0.25, -0.2) is 4.79 Å². The molecule has 1 unspecified atom stereocenters. The zero-order chi connectivity index (χ0) is 21.1. The number of aryl methyl sites for hydroxylation is 3. The maximum absolute atomic E-state index is 12.6. The summed E-state index contributed by atoms with van der Waals surface area (Å²) >= 11 is 0. The molecular formula is C23H25N5O2. The highest BCUT2D eigenvalue weighted by molar-refractivity contribution is 5.74. The van der Waals surface area contributed by atoms with Crippen LogP contribution in [0, 0.1) is 0 Å². The van der Waals surface area contributed by atoms with Gasteiger partial charge >= 0.3 is 5.69 Å². The molecule has 0 saturated carbocycles. The summed E-state index contributed by atoms with van der Waals surface area (Å²) in [5.41, 5.74) is 2.27. The predicted molar refractivity (Wildman–Crippen MR) is 119 cm³/mol. The van der Waals surface area contributed by atoms with Crippen molar-refractivity contribution in [1.82, 2.24) is 19.1 Å². The molecule has 4 rings (SSSR count). The van der Waals surface area contributed by atoms with E-state index in [0.29, 0.717) is 23.7 Å². The Morgan fingerprint density at radius 3 is 2.40 bits per heavy atom. The highest BCUT2D eigenvalue weighted by Crippen LogP contribution is 2.22. The molecule has 1 atom stereocenters. The van der Waals surface area contributed by atoms with E-state index in [1.807, 2.05) is 60.0 Å². The van der Waals surface area contributed by atoms with Crippen molar-refractivity contribution in [3.8, 4) is 0 Å². The molecule has 4 aromatic rings. The molecule has 7 nitrogen and oxygen atoms in total. The Morgan fingerprint density at radius 2 is 1.70 bits per heavy atom. The number of anilines is 1. The standard InChI is InChI=1S/C23H25N5O2/c1-16(18-13-7-4-8-14-18)24-22-25-20-19(21(29)26-23(30)27(20)2)28(22)15-9-12-17-10-5-3-6-11-17/h3-8,10-11,13-14,16H,9,12,15H2,1-2H3,(H,24,25)(H,26,29,30). The first-order valence-corrected chi connectivity index (χ1v) is 10.1. The fraction of sp³-hybridized carbons (Fsp3) is 0.261. The van der Waals surface area contributed by atoms with Gasteiger partial charge in [-0.3, -0.25) is 14.3 Å². The molecule has 7 heteroatoms. The third kappa shape index (κ3) is 3.91. The van der Waals surface area contributed by atoms with E-state index in [1.54, 1.807) is 7.05 Å². The second kappa shape index (κ2) is 8.41. The van der Waals surface area contributed by atoms with Crippen LogP contribution in [0.2, 0.25) is 0 Å². The first kappa shape index (κ1) is 19.7. The normalized spacial score (nSPS) is 12.2. The number of fused-ring (bicyclic) bond motifs is 1. The number of H-pyrrole nitrogens is 1. The van der Waals surface area contributed by atoms with Crippen molar-refractivity contribution >= 4 is 17.1 Å². The summed E-state index contributed by atoms with van der Waals surface area (Å²) in [6, 6.07) is 20.3. The minimum Gasteiger partial charge on any atom is -0.349 e. The van der Waals surface area contributed by atoms with Crippen molar-refractivity contribution in [2.75, 3.05) is 5.32 Å². The van der Waals surface area contributed by atoms with Crippen LogP contribution in [0.4, 0.5) is 5.95 Å². The first-order chi connectivity index (χ1) is 14.5. The molecule has 0 fully saturated rings. The third-order valence-electron chi connectivity index (χ3n) is 5.34. The Labute approximate surface area is 174 Å². The molecular weight excluding hydrogens is 378 g/mol. The van der Waals surface area contributed by atoms with Gasteiger partial charge in [-0.15, -0.1) is 0 Å². The number of nitrogens with one attached hydrogen (secondary N) is 2. The Hall–Kier alpha value is -3.61. The lowest BCUT2D eigenvalue weighted by Crippen LogP contribution is -2.29. The van der Waals surface area contributed by atoms with Gasteiger partial charge in [0.1, 0.15) is 0 Å². The number of rotatable bonds is 7. The monoisotopic (exact) mass is 403 g/mol. The van der Waals surface area contributed by atoms with Gasteiger partial charge in [0.15, 0.2) is 11.2 Å². The van der Waals surface area contributed by atoms with Crippen LogP contribution < -0.4 is 16.6 Å². The molecule has 2 aromatic carbocycles. The highest BCUT2D eigenvalue weighted by Gasteiger charge is 2.18. The van der Waals surface area contributed by atoms with Crippen LogP contribution in [-0.2, 0) is 20.0 Å². The summed E-state index contributed by atoms with van der Waals surface area (Å²) in [4.78, 5) is 31.7. The average Bonchev–Trinajstić information content (AvgIpc) is 3.12. The van der Waals surface area contributed by atoms with E-state index in [4.69, 9.17) is 0 Å². The summed E-state index contributed by atoms with van der Waals surface area (Å²) in [5, 5.41) is 3.42. The smallest absolute Gasteiger partial charge is 0.329 e. The van der Waals surface area contributed by atoms with Gasteiger partial charge in [-0.1, -0.05) is 60.7 Å². The zero-order valence-corrected chi connectivity index (χ0v) is 17.1. The van der Waals surface area contributed by atoms with Crippen molar-refractivity contribution in [3.63, 3.8) is 0 Å². The second-order valence-electron chi connectivity index (χ2n) is 7.44. The summed E-state index contributed by atoms with van der Waals surface area (Å²) in [5.74, 6) is 0.584. The maximum Gasteiger partial charge on any atom is 0.329 e. The molecule has 0 bridgehead atoms. The predicted octanol–water partition coefficient (Wildman–Crippen LogP) is 3.23. The van der Waals surface area contributed by atoms with Crippen LogP contribution >= 0.6 is 0 Å². The van der Waals surface area contributed by atoms with Crippen LogP contribution in [0.1, 0.15) is 30.5 Å². The van der Waals surface area contributed by atoms with Crippen LogP contribution in [0.15, 0.2) is 70.3 Å². The van der Waals surface area contributed by atoms with Crippen molar-refractivity contribution in [2.45, 2.75) is 32.4 Å². The SMILES string of the molecule is CC(Nc1nc2c(c(=O)[nH]c(=O)n2C)n1CCCc1ccccc1)c1ccccc1. The van der Waals surface area contributed by atoms with E-state index >= 15 is 0 Å². The van der Waals surface area contributed by atoms with E-state index in [9.17, 15) is 9.59 Å². The van der Waals surface area contributed by atoms with Crippen molar-refractivity contribution < 1.29 is 0 Å². The van der Waals surface area contributed by atoms with E-state index in [1.165, 1.54) is 10.1 Å². The largest absolute Gasteiger partial charge is 0.349 e. The molecule has 2 aromatic heterocycles. The Bertz CT molecular complexity index is 1260. The molecule has 154 valence electrons. The quantitative estimate of drug-likeness (QED) is 0.496. The number of nitrogens with zero attached hydrogens (tertiary/aromatic N) is 3. The summed E-state index contributed by atoms with van der Waals surface area (Å²) < 4.78 is 3.26. The Kier molecular flexibility index (Phi) is 5.52. The average molecular weight is 403 g/mol. The Morgan fingerprint density at radius 1 is 1.03 bits per heavy atom. The van der Waals surface area contributed by atoms with Gasteiger partial charge in [0.25, 0.3) is 5.56 Å². The maximum atomic E-state index is 12.6. The van der Waals surface area contributed by atoms with Gasteiger partial charge in [0.2, 0.25) is 5.95 Å². The van der Waals surface area contributed by atoms with Gasteiger partial charge in [0.05, 0.1) is 6.04 Å². The van der Waals surface area contributed by atoms with Crippen molar-refractivity contribution in [3.05, 3.63) is 92.6 Å².